The first kappa shape index (κ1) is 10.3. The fraction of sp³-hybridized carbons (Fsp3) is 0.100. The predicted octanol–water partition coefficient (Wildman–Crippen LogP) is 0.459. The number of nitrogens with zero attached hydrogens (tertiary/aromatic N) is 2. The quantitative estimate of drug-likeness (QED) is 0.649. The summed E-state index contributed by atoms with van der Waals surface area (Å²) in [5.41, 5.74) is 7.58. The first-order chi connectivity index (χ1) is 7.72. The van der Waals surface area contributed by atoms with Gasteiger partial charge in [0.15, 0.2) is 5.82 Å². The van der Waals surface area contributed by atoms with Gasteiger partial charge in [0.2, 0.25) is 5.91 Å². The van der Waals surface area contributed by atoms with E-state index in [9.17, 15) is 4.79 Å². The van der Waals surface area contributed by atoms with Crippen LogP contribution in [-0.2, 0) is 11.2 Å². The van der Waals surface area contributed by atoms with Gasteiger partial charge in [-0.15, -0.1) is 5.10 Å². The standard InChI is InChI=1S/C10H10N4O2/c11-9(15)5-8-6-3-1-2-4-7(6)10(14-16)13-12-8/h1-4,16H,5H2,(H2,11,15)(H,13,14). The number of carbonyl (C=O) groups is 1. The van der Waals surface area contributed by atoms with E-state index in [0.717, 1.165) is 5.39 Å². The molecule has 0 atom stereocenters. The maximum absolute atomic E-state index is 10.9. The summed E-state index contributed by atoms with van der Waals surface area (Å²) in [6, 6.07) is 7.19. The van der Waals surface area contributed by atoms with Gasteiger partial charge in [-0.25, -0.2) is 0 Å². The highest BCUT2D eigenvalue weighted by Crippen LogP contribution is 2.22. The average Bonchev–Trinajstić information content (AvgIpc) is 2.29. The van der Waals surface area contributed by atoms with E-state index in [1.54, 1.807) is 18.2 Å². The molecule has 0 saturated heterocycles. The molecule has 0 radical (unpaired) electrons. The van der Waals surface area contributed by atoms with Gasteiger partial charge in [-0.1, -0.05) is 24.3 Å². The first-order valence-electron chi connectivity index (χ1n) is 4.65. The summed E-state index contributed by atoms with van der Waals surface area (Å²) in [5.74, 6) is -0.215. The number of fused-ring (bicyclic) bond motifs is 1. The van der Waals surface area contributed by atoms with Crippen LogP contribution in [0.4, 0.5) is 5.82 Å². The Hall–Kier alpha value is -2.21. The molecule has 4 N–H and O–H groups in total. The van der Waals surface area contributed by atoms with Crippen molar-refractivity contribution in [1.29, 1.82) is 0 Å². The Kier molecular flexibility index (Phi) is 2.65. The van der Waals surface area contributed by atoms with E-state index in [4.69, 9.17) is 10.9 Å². The van der Waals surface area contributed by atoms with Gasteiger partial charge in [0.05, 0.1) is 12.1 Å². The van der Waals surface area contributed by atoms with Crippen LogP contribution >= 0.6 is 0 Å². The number of aromatic nitrogens is 2. The molecule has 82 valence electrons. The van der Waals surface area contributed by atoms with Crippen LogP contribution < -0.4 is 11.2 Å². The van der Waals surface area contributed by atoms with Crippen LogP contribution in [0, 0.1) is 0 Å². The summed E-state index contributed by atoms with van der Waals surface area (Å²) in [7, 11) is 0. The maximum atomic E-state index is 10.9. The Morgan fingerprint density at radius 1 is 1.31 bits per heavy atom. The second-order valence-corrected chi connectivity index (χ2v) is 3.30. The number of hydrogen-bond acceptors (Lipinski definition) is 5. The molecule has 6 nitrogen and oxygen atoms in total. The van der Waals surface area contributed by atoms with Crippen molar-refractivity contribution in [3.05, 3.63) is 30.0 Å². The number of nitrogens with one attached hydrogen (secondary N) is 1. The van der Waals surface area contributed by atoms with E-state index < -0.39 is 5.91 Å². The molecule has 1 aromatic carbocycles. The molecule has 2 rings (SSSR count). The van der Waals surface area contributed by atoms with Crippen LogP contribution in [-0.4, -0.2) is 21.3 Å². The molecule has 16 heavy (non-hydrogen) atoms. The smallest absolute Gasteiger partial charge is 0.223 e. The topological polar surface area (TPSA) is 101 Å². The summed E-state index contributed by atoms with van der Waals surface area (Å²) in [6.45, 7) is 0. The Bertz CT molecular complexity index is 541. The molecule has 6 heteroatoms. The van der Waals surface area contributed by atoms with Gasteiger partial charge < -0.3 is 5.73 Å². The molecule has 0 fully saturated rings. The third kappa shape index (κ3) is 1.78. The lowest BCUT2D eigenvalue weighted by Crippen LogP contribution is -2.15. The van der Waals surface area contributed by atoms with Gasteiger partial charge in [-0.2, -0.15) is 5.10 Å². The number of benzene rings is 1. The molecular formula is C10H10N4O2. The normalized spacial score (nSPS) is 10.3. The predicted molar refractivity (Wildman–Crippen MR) is 57.8 cm³/mol. The second kappa shape index (κ2) is 4.11. The van der Waals surface area contributed by atoms with Crippen LogP contribution in [0.25, 0.3) is 10.8 Å². The number of hydrogen-bond donors (Lipinski definition) is 3. The summed E-state index contributed by atoms with van der Waals surface area (Å²) in [6.07, 6.45) is 0.0270. The SMILES string of the molecule is NC(=O)Cc1nnc(NO)c2ccccc12. The fourth-order valence-corrected chi connectivity index (χ4v) is 1.54. The first-order valence-corrected chi connectivity index (χ1v) is 4.65. The van der Waals surface area contributed by atoms with E-state index in [1.807, 2.05) is 11.5 Å². The molecular weight excluding hydrogens is 208 g/mol. The minimum absolute atomic E-state index is 0.0270. The van der Waals surface area contributed by atoms with E-state index in [-0.39, 0.29) is 12.2 Å². The van der Waals surface area contributed by atoms with E-state index in [0.29, 0.717) is 11.1 Å². The number of primary amides is 1. The van der Waals surface area contributed by atoms with Gasteiger partial charge in [-0.05, 0) is 0 Å². The van der Waals surface area contributed by atoms with Gasteiger partial charge in [0.1, 0.15) is 0 Å². The largest absolute Gasteiger partial charge is 0.369 e. The summed E-state index contributed by atoms with van der Waals surface area (Å²) >= 11 is 0. The molecule has 0 spiro atoms. The number of nitrogens with two attached hydrogens (primary N) is 1. The molecule has 0 aliphatic heterocycles. The molecule has 0 unspecified atom stereocenters. The van der Waals surface area contributed by atoms with Gasteiger partial charge in [-0.3, -0.25) is 15.5 Å². The van der Waals surface area contributed by atoms with Crippen LogP contribution in [0.2, 0.25) is 0 Å². The molecule has 1 amide bonds. The highest BCUT2D eigenvalue weighted by atomic mass is 16.5. The lowest BCUT2D eigenvalue weighted by atomic mass is 10.1. The van der Waals surface area contributed by atoms with Crippen molar-refractivity contribution in [2.24, 2.45) is 5.73 Å². The zero-order valence-corrected chi connectivity index (χ0v) is 8.34. The van der Waals surface area contributed by atoms with Crippen molar-refractivity contribution in [2.75, 3.05) is 5.48 Å². The average molecular weight is 218 g/mol. The minimum Gasteiger partial charge on any atom is -0.369 e. The van der Waals surface area contributed by atoms with E-state index in [2.05, 4.69) is 10.2 Å². The van der Waals surface area contributed by atoms with Gasteiger partial charge in [0, 0.05) is 10.8 Å². The molecule has 0 saturated carbocycles. The van der Waals surface area contributed by atoms with Crippen molar-refractivity contribution in [3.8, 4) is 0 Å². The molecule has 1 heterocycles. The minimum atomic E-state index is -0.468. The second-order valence-electron chi connectivity index (χ2n) is 3.30. The van der Waals surface area contributed by atoms with Crippen molar-refractivity contribution in [2.45, 2.75) is 6.42 Å². The molecule has 1 aromatic heterocycles. The van der Waals surface area contributed by atoms with Crippen molar-refractivity contribution < 1.29 is 10.0 Å². The zero-order chi connectivity index (χ0) is 11.5. The number of anilines is 1. The van der Waals surface area contributed by atoms with Crippen LogP contribution in [0.1, 0.15) is 5.69 Å². The number of amides is 1. The van der Waals surface area contributed by atoms with Gasteiger partial charge >= 0.3 is 0 Å². The lowest BCUT2D eigenvalue weighted by Gasteiger charge is -2.06. The van der Waals surface area contributed by atoms with Crippen LogP contribution in [0.5, 0.6) is 0 Å². The number of rotatable bonds is 3. The van der Waals surface area contributed by atoms with Crippen molar-refractivity contribution in [1.82, 2.24) is 10.2 Å². The van der Waals surface area contributed by atoms with Crippen LogP contribution in [0.15, 0.2) is 24.3 Å². The summed E-state index contributed by atoms with van der Waals surface area (Å²) in [5, 5.41) is 17.9. The Balaban J connectivity index is 2.64. The lowest BCUT2D eigenvalue weighted by molar-refractivity contribution is -0.117. The van der Waals surface area contributed by atoms with Gasteiger partial charge in [0.25, 0.3) is 0 Å². The van der Waals surface area contributed by atoms with Crippen LogP contribution in [0.3, 0.4) is 0 Å². The zero-order valence-electron chi connectivity index (χ0n) is 8.34. The third-order valence-corrected chi connectivity index (χ3v) is 2.21. The Morgan fingerprint density at radius 2 is 2.00 bits per heavy atom. The Morgan fingerprint density at radius 3 is 2.62 bits per heavy atom. The van der Waals surface area contributed by atoms with Crippen molar-refractivity contribution >= 4 is 22.5 Å². The molecule has 0 aliphatic rings. The van der Waals surface area contributed by atoms with E-state index >= 15 is 0 Å². The Labute approximate surface area is 91.1 Å². The highest BCUT2D eigenvalue weighted by Gasteiger charge is 2.09. The monoisotopic (exact) mass is 218 g/mol. The molecule has 0 bridgehead atoms. The fourth-order valence-electron chi connectivity index (χ4n) is 1.54. The highest BCUT2D eigenvalue weighted by molar-refractivity contribution is 5.94. The summed E-state index contributed by atoms with van der Waals surface area (Å²) < 4.78 is 0. The number of carbonyl (C=O) groups excluding carboxylic acids is 1. The summed E-state index contributed by atoms with van der Waals surface area (Å²) in [4.78, 5) is 10.9. The molecule has 2 aromatic rings. The maximum Gasteiger partial charge on any atom is 0.223 e. The third-order valence-electron chi connectivity index (χ3n) is 2.21. The van der Waals surface area contributed by atoms with Crippen molar-refractivity contribution in [3.63, 3.8) is 0 Å². The van der Waals surface area contributed by atoms with E-state index in [1.165, 1.54) is 0 Å². The molecule has 0 aliphatic carbocycles.